The number of hydrogen-bond donors (Lipinski definition) is 2. The maximum atomic E-state index is 11.9. The van der Waals surface area contributed by atoms with E-state index in [1.165, 1.54) is 24.2 Å². The largest absolute Gasteiger partial charge is 0.389 e. The second-order valence-corrected chi connectivity index (χ2v) is 6.45. The van der Waals surface area contributed by atoms with E-state index in [9.17, 15) is 9.90 Å². The Morgan fingerprint density at radius 3 is 2.89 bits per heavy atom. The number of aryl methyl sites for hydroxylation is 2. The van der Waals surface area contributed by atoms with Crippen LogP contribution in [-0.2, 0) is 4.74 Å². The highest BCUT2D eigenvalue weighted by Crippen LogP contribution is 2.28. The maximum Gasteiger partial charge on any atom is 0.261 e. The predicted molar refractivity (Wildman–Crippen MR) is 75.7 cm³/mol. The smallest absolute Gasteiger partial charge is 0.261 e. The highest BCUT2D eigenvalue weighted by molar-refractivity contribution is 7.14. The zero-order valence-electron chi connectivity index (χ0n) is 11.4. The fourth-order valence-electron chi connectivity index (χ4n) is 1.70. The van der Waals surface area contributed by atoms with E-state index in [-0.39, 0.29) is 12.5 Å². The minimum Gasteiger partial charge on any atom is -0.389 e. The van der Waals surface area contributed by atoms with Crippen LogP contribution in [-0.4, -0.2) is 36.9 Å². The fourth-order valence-corrected chi connectivity index (χ4v) is 2.65. The number of aliphatic hydroxyl groups excluding tert-OH is 1. The van der Waals surface area contributed by atoms with Crippen LogP contribution in [0.25, 0.3) is 0 Å². The lowest BCUT2D eigenvalue weighted by atomic mass is 10.3. The molecule has 0 bridgehead atoms. The van der Waals surface area contributed by atoms with Crippen molar-refractivity contribution in [3.8, 4) is 0 Å². The van der Waals surface area contributed by atoms with Crippen molar-refractivity contribution < 1.29 is 14.6 Å². The van der Waals surface area contributed by atoms with E-state index in [1.807, 2.05) is 19.9 Å². The highest BCUT2D eigenvalue weighted by atomic mass is 32.1. The lowest BCUT2D eigenvalue weighted by molar-refractivity contribution is 0.0321. The summed E-state index contributed by atoms with van der Waals surface area (Å²) in [6.07, 6.45) is 1.85. The van der Waals surface area contributed by atoms with Gasteiger partial charge in [0.05, 0.1) is 17.6 Å². The molecule has 1 aliphatic rings. The number of aliphatic hydroxyl groups is 1. The summed E-state index contributed by atoms with van der Waals surface area (Å²) in [6.45, 7) is 5.24. The van der Waals surface area contributed by atoms with Gasteiger partial charge in [-0.2, -0.15) is 0 Å². The Labute approximate surface area is 117 Å². The van der Waals surface area contributed by atoms with Gasteiger partial charge in [-0.25, -0.2) is 0 Å². The van der Waals surface area contributed by atoms with Crippen molar-refractivity contribution in [2.75, 3.05) is 19.8 Å². The van der Waals surface area contributed by atoms with E-state index >= 15 is 0 Å². The number of thiophene rings is 1. The average molecular weight is 283 g/mol. The van der Waals surface area contributed by atoms with Gasteiger partial charge in [0.2, 0.25) is 0 Å². The van der Waals surface area contributed by atoms with Crippen molar-refractivity contribution in [3.05, 3.63) is 21.4 Å². The van der Waals surface area contributed by atoms with Crippen molar-refractivity contribution >= 4 is 17.2 Å². The summed E-state index contributed by atoms with van der Waals surface area (Å²) in [4.78, 5) is 13.7. The van der Waals surface area contributed by atoms with Crippen molar-refractivity contribution in [1.29, 1.82) is 0 Å². The standard InChI is InChI=1S/C14H21NO3S/c1-9-5-13(19-10(9)2)14(17)15-6-12(16)8-18-7-11-3-4-11/h5,11-12,16H,3-4,6-8H2,1-2H3,(H,15,17). The zero-order valence-corrected chi connectivity index (χ0v) is 12.3. The molecule has 5 heteroatoms. The van der Waals surface area contributed by atoms with Crippen LogP contribution in [0.1, 0.15) is 33.0 Å². The number of carbonyl (C=O) groups excluding carboxylic acids is 1. The SMILES string of the molecule is Cc1cc(C(=O)NCC(O)COCC2CC2)sc1C. The molecule has 19 heavy (non-hydrogen) atoms. The van der Waals surface area contributed by atoms with E-state index in [0.717, 1.165) is 17.0 Å². The Balaban J connectivity index is 1.67. The van der Waals surface area contributed by atoms with Gasteiger partial charge < -0.3 is 15.2 Å². The first-order valence-electron chi connectivity index (χ1n) is 6.67. The third kappa shape index (κ3) is 4.60. The summed E-state index contributed by atoms with van der Waals surface area (Å²) in [5, 5.41) is 12.4. The number of amides is 1. The summed E-state index contributed by atoms with van der Waals surface area (Å²) < 4.78 is 5.38. The monoisotopic (exact) mass is 283 g/mol. The molecule has 1 unspecified atom stereocenters. The third-order valence-electron chi connectivity index (χ3n) is 3.25. The lowest BCUT2D eigenvalue weighted by Crippen LogP contribution is -2.34. The molecule has 106 valence electrons. The summed E-state index contributed by atoms with van der Waals surface area (Å²) in [5.41, 5.74) is 1.13. The highest BCUT2D eigenvalue weighted by Gasteiger charge is 2.21. The Kier molecular flexibility index (Phi) is 4.96. The van der Waals surface area contributed by atoms with Crippen LogP contribution in [0.5, 0.6) is 0 Å². The van der Waals surface area contributed by atoms with Crippen LogP contribution in [0.4, 0.5) is 0 Å². The Bertz CT molecular complexity index is 420. The van der Waals surface area contributed by atoms with Gasteiger partial charge in [-0.15, -0.1) is 11.3 Å². The molecule has 1 atom stereocenters. The van der Waals surface area contributed by atoms with Crippen molar-refractivity contribution in [2.45, 2.75) is 32.8 Å². The maximum absolute atomic E-state index is 11.9. The molecule has 0 saturated heterocycles. The van der Waals surface area contributed by atoms with Gasteiger partial charge in [0.15, 0.2) is 0 Å². The van der Waals surface area contributed by atoms with E-state index in [1.54, 1.807) is 0 Å². The van der Waals surface area contributed by atoms with Crippen molar-refractivity contribution in [3.63, 3.8) is 0 Å². The lowest BCUT2D eigenvalue weighted by Gasteiger charge is -2.11. The molecule has 1 aromatic heterocycles. The number of hydrogen-bond acceptors (Lipinski definition) is 4. The topological polar surface area (TPSA) is 58.6 Å². The summed E-state index contributed by atoms with van der Waals surface area (Å²) in [7, 11) is 0. The Morgan fingerprint density at radius 1 is 1.58 bits per heavy atom. The van der Waals surface area contributed by atoms with Crippen LogP contribution in [0.15, 0.2) is 6.07 Å². The van der Waals surface area contributed by atoms with E-state index in [0.29, 0.717) is 17.4 Å². The molecular weight excluding hydrogens is 262 g/mol. The average Bonchev–Trinajstić information content (AvgIpc) is 3.13. The minimum atomic E-state index is -0.634. The van der Waals surface area contributed by atoms with Crippen molar-refractivity contribution in [1.82, 2.24) is 5.32 Å². The third-order valence-corrected chi connectivity index (χ3v) is 4.40. The summed E-state index contributed by atoms with van der Waals surface area (Å²) in [5.74, 6) is 0.571. The van der Waals surface area contributed by atoms with Gasteiger partial charge in [0.25, 0.3) is 5.91 Å². The molecule has 1 aromatic rings. The first kappa shape index (κ1) is 14.5. The van der Waals surface area contributed by atoms with E-state index < -0.39 is 6.10 Å². The predicted octanol–water partition coefficient (Wildman–Crippen LogP) is 1.88. The van der Waals surface area contributed by atoms with Gasteiger partial charge in [0.1, 0.15) is 0 Å². The molecule has 1 amide bonds. The number of ether oxygens (including phenoxy) is 1. The first-order chi connectivity index (χ1) is 9.06. The summed E-state index contributed by atoms with van der Waals surface area (Å²) >= 11 is 1.48. The molecule has 1 saturated carbocycles. The molecule has 0 aliphatic heterocycles. The first-order valence-corrected chi connectivity index (χ1v) is 7.49. The molecule has 2 rings (SSSR count). The molecular formula is C14H21NO3S. The Morgan fingerprint density at radius 2 is 2.32 bits per heavy atom. The van der Waals surface area contributed by atoms with E-state index in [2.05, 4.69) is 5.32 Å². The fraction of sp³-hybridized carbons (Fsp3) is 0.643. The summed E-state index contributed by atoms with van der Waals surface area (Å²) in [6, 6.07) is 1.88. The quantitative estimate of drug-likeness (QED) is 0.803. The van der Waals surface area contributed by atoms with Gasteiger partial charge in [-0.1, -0.05) is 0 Å². The van der Waals surface area contributed by atoms with Crippen LogP contribution in [0.2, 0.25) is 0 Å². The van der Waals surface area contributed by atoms with Crippen LogP contribution >= 0.6 is 11.3 Å². The zero-order chi connectivity index (χ0) is 13.8. The van der Waals surface area contributed by atoms with Crippen molar-refractivity contribution in [2.24, 2.45) is 5.92 Å². The molecule has 0 spiro atoms. The Hall–Kier alpha value is -0.910. The molecule has 4 nitrogen and oxygen atoms in total. The number of carbonyl (C=O) groups is 1. The normalized spacial score (nSPS) is 16.4. The number of nitrogens with one attached hydrogen (secondary N) is 1. The van der Waals surface area contributed by atoms with Gasteiger partial charge in [-0.3, -0.25) is 4.79 Å². The molecule has 1 aliphatic carbocycles. The van der Waals surface area contributed by atoms with Crippen LogP contribution < -0.4 is 5.32 Å². The molecule has 0 radical (unpaired) electrons. The molecule has 1 fully saturated rings. The van der Waals surface area contributed by atoms with Gasteiger partial charge >= 0.3 is 0 Å². The minimum absolute atomic E-state index is 0.123. The molecule has 1 heterocycles. The van der Waals surface area contributed by atoms with Gasteiger partial charge in [0, 0.05) is 18.0 Å². The second-order valence-electron chi connectivity index (χ2n) is 5.19. The van der Waals surface area contributed by atoms with Crippen LogP contribution in [0.3, 0.4) is 0 Å². The second kappa shape index (κ2) is 6.50. The van der Waals surface area contributed by atoms with Crippen LogP contribution in [0, 0.1) is 19.8 Å². The van der Waals surface area contributed by atoms with Gasteiger partial charge in [-0.05, 0) is 44.2 Å². The molecule has 2 N–H and O–H groups in total. The molecule has 0 aromatic carbocycles. The number of rotatable bonds is 7. The van der Waals surface area contributed by atoms with E-state index in [4.69, 9.17) is 4.74 Å².